The number of hydrogen-bond acceptors (Lipinski definition) is 2. The first-order chi connectivity index (χ1) is 5.95. The van der Waals surface area contributed by atoms with Gasteiger partial charge in [0.25, 0.3) is 0 Å². The molecule has 1 amide bonds. The van der Waals surface area contributed by atoms with Crippen molar-refractivity contribution in [3.8, 4) is 0 Å². The summed E-state index contributed by atoms with van der Waals surface area (Å²) in [5.41, 5.74) is 0. The second-order valence-corrected chi connectivity index (χ2v) is 3.44. The number of carbonyl (C=O) groups excluding carboxylic acids is 2. The zero-order chi connectivity index (χ0) is 10.9. The molecule has 0 aromatic carbocycles. The third kappa shape index (κ3) is 14.3. The van der Waals surface area contributed by atoms with Gasteiger partial charge in [0, 0.05) is 25.9 Å². The Labute approximate surface area is 85.1 Å². The van der Waals surface area contributed by atoms with Gasteiger partial charge in [0.15, 0.2) is 0 Å². The molecule has 0 fully saturated rings. The molecule has 0 bridgehead atoms. The Bertz CT molecular complexity index is 149. The minimum atomic E-state index is 0.146. The normalized spacial score (nSPS) is 10.8. The number of rotatable bonds is 4. The van der Waals surface area contributed by atoms with E-state index >= 15 is 0 Å². The Kier molecular flexibility index (Phi) is 10.9. The SMILES string of the molecule is CC(=O)C(C)CCCl.CN(C)C=O. The van der Waals surface area contributed by atoms with E-state index in [1.165, 1.54) is 4.90 Å². The summed E-state index contributed by atoms with van der Waals surface area (Å²) in [6, 6.07) is 0. The fourth-order valence-corrected chi connectivity index (χ4v) is 0.694. The second kappa shape index (κ2) is 9.52. The number of amides is 1. The topological polar surface area (TPSA) is 37.4 Å². The van der Waals surface area contributed by atoms with Gasteiger partial charge in [-0.1, -0.05) is 6.92 Å². The van der Waals surface area contributed by atoms with Gasteiger partial charge in [-0.25, -0.2) is 0 Å². The van der Waals surface area contributed by atoms with Crippen LogP contribution in [0.15, 0.2) is 0 Å². The van der Waals surface area contributed by atoms with Crippen molar-refractivity contribution in [1.82, 2.24) is 4.90 Å². The van der Waals surface area contributed by atoms with E-state index in [1.807, 2.05) is 6.92 Å². The smallest absolute Gasteiger partial charge is 0.209 e. The highest BCUT2D eigenvalue weighted by Gasteiger charge is 2.04. The van der Waals surface area contributed by atoms with Crippen molar-refractivity contribution in [2.75, 3.05) is 20.0 Å². The lowest BCUT2D eigenvalue weighted by atomic mass is 10.1. The summed E-state index contributed by atoms with van der Waals surface area (Å²) in [6.45, 7) is 3.49. The zero-order valence-electron chi connectivity index (χ0n) is 8.71. The van der Waals surface area contributed by atoms with Crippen LogP contribution in [0.3, 0.4) is 0 Å². The molecule has 0 saturated carbocycles. The van der Waals surface area contributed by atoms with Crippen LogP contribution in [0.2, 0.25) is 0 Å². The van der Waals surface area contributed by atoms with Crippen LogP contribution in [-0.4, -0.2) is 37.1 Å². The van der Waals surface area contributed by atoms with E-state index < -0.39 is 0 Å². The number of nitrogens with zero attached hydrogens (tertiary/aromatic N) is 1. The molecule has 0 heterocycles. The molecular formula is C9H18ClNO2. The van der Waals surface area contributed by atoms with Gasteiger partial charge in [-0.15, -0.1) is 11.6 Å². The maximum Gasteiger partial charge on any atom is 0.209 e. The van der Waals surface area contributed by atoms with Crippen LogP contribution < -0.4 is 0 Å². The summed E-state index contributed by atoms with van der Waals surface area (Å²) in [7, 11) is 3.38. The monoisotopic (exact) mass is 207 g/mol. The molecule has 13 heavy (non-hydrogen) atoms. The van der Waals surface area contributed by atoms with E-state index in [-0.39, 0.29) is 11.7 Å². The highest BCUT2D eigenvalue weighted by atomic mass is 35.5. The fourth-order valence-electron chi connectivity index (χ4n) is 0.367. The molecule has 0 aliphatic rings. The van der Waals surface area contributed by atoms with Crippen LogP contribution in [0, 0.1) is 5.92 Å². The average Bonchev–Trinajstić information content (AvgIpc) is 2.06. The van der Waals surface area contributed by atoms with Gasteiger partial charge < -0.3 is 4.90 Å². The number of Topliss-reactive ketones (excluding diaryl/α,β-unsaturated/α-hetero) is 1. The third-order valence-corrected chi connectivity index (χ3v) is 1.67. The van der Waals surface area contributed by atoms with E-state index in [0.717, 1.165) is 12.8 Å². The van der Waals surface area contributed by atoms with E-state index in [0.29, 0.717) is 5.88 Å². The van der Waals surface area contributed by atoms with Crippen molar-refractivity contribution in [1.29, 1.82) is 0 Å². The summed E-state index contributed by atoms with van der Waals surface area (Å²) >= 11 is 5.39. The molecule has 3 nitrogen and oxygen atoms in total. The number of carbonyl (C=O) groups is 2. The summed E-state index contributed by atoms with van der Waals surface area (Å²) in [4.78, 5) is 21.4. The molecule has 0 aliphatic carbocycles. The highest BCUT2D eigenvalue weighted by Crippen LogP contribution is 2.02. The molecule has 78 valence electrons. The second-order valence-electron chi connectivity index (χ2n) is 3.06. The average molecular weight is 208 g/mol. The lowest BCUT2D eigenvalue weighted by Crippen LogP contribution is -2.06. The van der Waals surface area contributed by atoms with Crippen LogP contribution in [0.1, 0.15) is 20.3 Å². The third-order valence-electron chi connectivity index (χ3n) is 1.45. The van der Waals surface area contributed by atoms with Crippen molar-refractivity contribution in [3.63, 3.8) is 0 Å². The van der Waals surface area contributed by atoms with Gasteiger partial charge in [0.05, 0.1) is 0 Å². The predicted molar refractivity (Wildman–Crippen MR) is 54.9 cm³/mol. The summed E-state index contributed by atoms with van der Waals surface area (Å²) in [5, 5.41) is 0. The first-order valence-electron chi connectivity index (χ1n) is 4.13. The van der Waals surface area contributed by atoms with Crippen molar-refractivity contribution < 1.29 is 9.59 Å². The largest absolute Gasteiger partial charge is 0.351 e. The first-order valence-corrected chi connectivity index (χ1v) is 4.67. The van der Waals surface area contributed by atoms with Gasteiger partial charge >= 0.3 is 0 Å². The summed E-state index contributed by atoms with van der Waals surface area (Å²) < 4.78 is 0. The van der Waals surface area contributed by atoms with Gasteiger partial charge in [0.2, 0.25) is 6.41 Å². The Morgan fingerprint density at radius 2 is 1.92 bits per heavy atom. The van der Waals surface area contributed by atoms with Crippen LogP contribution in [0.5, 0.6) is 0 Å². The Hall–Kier alpha value is -0.570. The molecular weight excluding hydrogens is 190 g/mol. The van der Waals surface area contributed by atoms with E-state index in [9.17, 15) is 9.59 Å². The number of alkyl halides is 1. The molecule has 0 aromatic rings. The molecule has 0 radical (unpaired) electrons. The van der Waals surface area contributed by atoms with Gasteiger partial charge in [-0.3, -0.25) is 9.59 Å². The lowest BCUT2D eigenvalue weighted by Gasteiger charge is -2.00. The minimum Gasteiger partial charge on any atom is -0.351 e. The zero-order valence-corrected chi connectivity index (χ0v) is 9.47. The van der Waals surface area contributed by atoms with Crippen molar-refractivity contribution in [3.05, 3.63) is 0 Å². The molecule has 1 atom stereocenters. The van der Waals surface area contributed by atoms with E-state index in [4.69, 9.17) is 11.6 Å². The number of hydrogen-bond donors (Lipinski definition) is 0. The minimum absolute atomic E-state index is 0.146. The van der Waals surface area contributed by atoms with E-state index in [2.05, 4.69) is 0 Å². The van der Waals surface area contributed by atoms with Crippen molar-refractivity contribution in [2.45, 2.75) is 20.3 Å². The molecule has 1 unspecified atom stereocenters. The van der Waals surface area contributed by atoms with Crippen LogP contribution in [0.4, 0.5) is 0 Å². The van der Waals surface area contributed by atoms with Crippen LogP contribution in [-0.2, 0) is 9.59 Å². The molecule has 0 aromatic heterocycles. The van der Waals surface area contributed by atoms with E-state index in [1.54, 1.807) is 21.0 Å². The molecule has 0 N–H and O–H groups in total. The Balaban J connectivity index is 0. The van der Waals surface area contributed by atoms with Crippen LogP contribution in [0.25, 0.3) is 0 Å². The highest BCUT2D eigenvalue weighted by molar-refractivity contribution is 6.17. The first kappa shape index (κ1) is 14.9. The quantitative estimate of drug-likeness (QED) is 0.518. The molecule has 0 aliphatic heterocycles. The van der Waals surface area contributed by atoms with Crippen molar-refractivity contribution >= 4 is 23.8 Å². The molecule has 0 spiro atoms. The summed E-state index contributed by atoms with van der Waals surface area (Å²) in [5.74, 6) is 0.957. The van der Waals surface area contributed by atoms with Gasteiger partial charge in [0.1, 0.15) is 5.78 Å². The number of halogens is 1. The maximum atomic E-state index is 10.5. The number of ketones is 1. The Morgan fingerprint density at radius 1 is 1.54 bits per heavy atom. The standard InChI is InChI=1S/C6H11ClO.C3H7NO/c1-5(3-4-7)6(2)8;1-4(2)3-5/h5H,3-4H2,1-2H3;3H,1-2H3. The lowest BCUT2D eigenvalue weighted by molar-refractivity contribution is -0.120. The molecule has 4 heteroatoms. The maximum absolute atomic E-state index is 10.5. The van der Waals surface area contributed by atoms with Gasteiger partial charge in [-0.2, -0.15) is 0 Å². The molecule has 0 rings (SSSR count). The molecule has 0 saturated heterocycles. The van der Waals surface area contributed by atoms with Crippen LogP contribution >= 0.6 is 11.6 Å². The van der Waals surface area contributed by atoms with Crippen molar-refractivity contribution in [2.24, 2.45) is 5.92 Å². The predicted octanol–water partition coefficient (Wildman–Crippen LogP) is 1.54. The fraction of sp³-hybridized carbons (Fsp3) is 0.778. The summed E-state index contributed by atoms with van der Waals surface area (Å²) in [6.07, 6.45) is 1.55. The Morgan fingerprint density at radius 3 is 2.00 bits per heavy atom. The van der Waals surface area contributed by atoms with Gasteiger partial charge in [-0.05, 0) is 13.3 Å².